The number of rotatable bonds is 8. The Labute approximate surface area is 224 Å². The Morgan fingerprint density at radius 2 is 1.65 bits per heavy atom. The van der Waals surface area contributed by atoms with Crippen molar-refractivity contribution < 1.29 is 31.1 Å². The van der Waals surface area contributed by atoms with Crippen molar-refractivity contribution in [3.8, 4) is 0 Å². The summed E-state index contributed by atoms with van der Waals surface area (Å²) in [5, 5.41) is 12.6. The fraction of sp³-hybridized carbons (Fsp3) is 0.462. The molecule has 8 nitrogen and oxygen atoms in total. The molecule has 1 aliphatic rings. The Kier molecular flexibility index (Phi) is 7.96. The van der Waals surface area contributed by atoms with Gasteiger partial charge in [-0.2, -0.15) is 36.3 Å². The summed E-state index contributed by atoms with van der Waals surface area (Å²) in [5.41, 5.74) is -4.92. The summed E-state index contributed by atoms with van der Waals surface area (Å²) in [6, 6.07) is 9.51. The van der Waals surface area contributed by atoms with Gasteiger partial charge in [0.05, 0.1) is 34.9 Å². The molecule has 4 rings (SSSR count). The van der Waals surface area contributed by atoms with Crippen molar-refractivity contribution in [2.75, 3.05) is 13.2 Å². The Morgan fingerprint density at radius 3 is 2.12 bits per heavy atom. The minimum Gasteiger partial charge on any atom is -0.372 e. The van der Waals surface area contributed by atoms with Crippen molar-refractivity contribution in [1.29, 1.82) is 0 Å². The molecule has 2 aromatic carbocycles. The first-order valence-corrected chi connectivity index (χ1v) is 12.4. The van der Waals surface area contributed by atoms with Crippen LogP contribution in [-0.2, 0) is 28.2 Å². The van der Waals surface area contributed by atoms with Crippen LogP contribution in [0.15, 0.2) is 64.8 Å². The SMILES string of the molecule is CC(N=O)[C@]1(n2cn[nH]c2=O)CC[C@@](CO[C@H](C)c2cc(C(F)(F)F)cc(C(F)(F)F)c2)(c2ccccc2)NC1. The number of aromatic amines is 1. The molecule has 1 aliphatic heterocycles. The fourth-order valence-corrected chi connectivity index (χ4v) is 5.14. The van der Waals surface area contributed by atoms with Gasteiger partial charge in [0.1, 0.15) is 12.4 Å². The molecule has 3 aromatic rings. The maximum Gasteiger partial charge on any atom is 0.416 e. The van der Waals surface area contributed by atoms with Crippen molar-refractivity contribution in [3.63, 3.8) is 0 Å². The highest BCUT2D eigenvalue weighted by atomic mass is 19.4. The van der Waals surface area contributed by atoms with Crippen molar-refractivity contribution in [2.24, 2.45) is 5.18 Å². The molecule has 1 aromatic heterocycles. The first kappa shape index (κ1) is 29.5. The Bertz CT molecular complexity index is 1350. The summed E-state index contributed by atoms with van der Waals surface area (Å²) in [6.07, 6.45) is -9.26. The maximum absolute atomic E-state index is 13.4. The standard InChI is InChI=1S/C26H27F6N5O3/c1-16(18-10-20(25(27,28)29)12-21(11-18)26(30,31)32)40-14-23(19-6-4-3-5-7-19)8-9-24(13-33-23,17(2)36-39)37-15-34-35-22(37)38/h3-7,10-12,15-17,33H,8-9,13-14H2,1-2H3,(H,35,38)/t16-,17?,23-,24+/m1/s1. The highest BCUT2D eigenvalue weighted by molar-refractivity contribution is 5.35. The minimum absolute atomic E-state index is 0.0734. The molecule has 4 atom stereocenters. The molecule has 216 valence electrons. The molecule has 2 heterocycles. The second kappa shape index (κ2) is 10.8. The summed E-state index contributed by atoms with van der Waals surface area (Å²) in [7, 11) is 0. The summed E-state index contributed by atoms with van der Waals surface area (Å²) in [6.45, 7) is 2.90. The van der Waals surface area contributed by atoms with Gasteiger partial charge in [-0.05, 0) is 56.0 Å². The van der Waals surface area contributed by atoms with Crippen LogP contribution >= 0.6 is 0 Å². The highest BCUT2D eigenvalue weighted by Crippen LogP contribution is 2.42. The van der Waals surface area contributed by atoms with Crippen LogP contribution in [0.1, 0.15) is 55.0 Å². The van der Waals surface area contributed by atoms with Crippen molar-refractivity contribution in [1.82, 2.24) is 20.1 Å². The number of halogens is 6. The zero-order chi connectivity index (χ0) is 29.3. The lowest BCUT2D eigenvalue weighted by Crippen LogP contribution is -2.63. The molecule has 0 amide bonds. The number of hydrogen-bond acceptors (Lipinski definition) is 6. The van der Waals surface area contributed by atoms with Crippen LogP contribution in [0.2, 0.25) is 0 Å². The summed E-state index contributed by atoms with van der Waals surface area (Å²) < 4.78 is 87.6. The Morgan fingerprint density at radius 1 is 1.02 bits per heavy atom. The lowest BCUT2D eigenvalue weighted by atomic mass is 9.73. The second-order valence-corrected chi connectivity index (χ2v) is 10.0. The molecule has 0 saturated carbocycles. The molecule has 1 unspecified atom stereocenters. The van der Waals surface area contributed by atoms with E-state index in [2.05, 4.69) is 20.7 Å². The van der Waals surface area contributed by atoms with Crippen LogP contribution in [0, 0.1) is 4.91 Å². The smallest absolute Gasteiger partial charge is 0.372 e. The van der Waals surface area contributed by atoms with E-state index in [1.165, 1.54) is 17.8 Å². The third-order valence-electron chi connectivity index (χ3n) is 7.67. The molecule has 0 spiro atoms. The van der Waals surface area contributed by atoms with E-state index < -0.39 is 52.4 Å². The Hall–Kier alpha value is -3.52. The molecule has 2 N–H and O–H groups in total. The van der Waals surface area contributed by atoms with Gasteiger partial charge in [0.15, 0.2) is 0 Å². The average molecular weight is 572 g/mol. The summed E-state index contributed by atoms with van der Waals surface area (Å²) >= 11 is 0. The zero-order valence-corrected chi connectivity index (χ0v) is 21.5. The molecular weight excluding hydrogens is 544 g/mol. The molecular formula is C26H27F6N5O3. The lowest BCUT2D eigenvalue weighted by Gasteiger charge is -2.48. The van der Waals surface area contributed by atoms with Crippen LogP contribution < -0.4 is 11.0 Å². The molecule has 0 aliphatic carbocycles. The van der Waals surface area contributed by atoms with E-state index in [1.54, 1.807) is 25.1 Å². The minimum atomic E-state index is -4.98. The fourth-order valence-electron chi connectivity index (χ4n) is 5.14. The summed E-state index contributed by atoms with van der Waals surface area (Å²) in [5.74, 6) is 0. The van der Waals surface area contributed by atoms with E-state index >= 15 is 0 Å². The van der Waals surface area contributed by atoms with Gasteiger partial charge in [0, 0.05) is 6.54 Å². The molecule has 40 heavy (non-hydrogen) atoms. The van der Waals surface area contributed by atoms with Crippen LogP contribution in [-0.4, -0.2) is 34.0 Å². The first-order chi connectivity index (χ1) is 18.7. The maximum atomic E-state index is 13.4. The van der Waals surface area contributed by atoms with Crippen molar-refractivity contribution in [2.45, 2.75) is 62.3 Å². The lowest BCUT2D eigenvalue weighted by molar-refractivity contribution is -0.143. The van der Waals surface area contributed by atoms with Gasteiger partial charge in [0.25, 0.3) is 0 Å². The van der Waals surface area contributed by atoms with Gasteiger partial charge in [-0.15, -0.1) is 0 Å². The number of alkyl halides is 6. The number of nitrogens with zero attached hydrogens (tertiary/aromatic N) is 3. The van der Waals surface area contributed by atoms with Gasteiger partial charge in [-0.25, -0.2) is 9.89 Å². The van der Waals surface area contributed by atoms with Gasteiger partial charge in [-0.3, -0.25) is 4.57 Å². The van der Waals surface area contributed by atoms with Crippen LogP contribution in [0.25, 0.3) is 0 Å². The Balaban J connectivity index is 1.65. The molecule has 1 saturated heterocycles. The number of H-pyrrole nitrogens is 1. The monoisotopic (exact) mass is 571 g/mol. The van der Waals surface area contributed by atoms with Crippen LogP contribution in [0.5, 0.6) is 0 Å². The van der Waals surface area contributed by atoms with E-state index in [1.807, 2.05) is 12.1 Å². The quantitative estimate of drug-likeness (QED) is 0.274. The number of piperidine rings is 1. The van der Waals surface area contributed by atoms with Crippen LogP contribution in [0.3, 0.4) is 0 Å². The predicted octanol–water partition coefficient (Wildman–Crippen LogP) is 5.52. The molecule has 14 heteroatoms. The third-order valence-corrected chi connectivity index (χ3v) is 7.67. The first-order valence-electron chi connectivity index (χ1n) is 12.4. The molecule has 1 fully saturated rings. The van der Waals surface area contributed by atoms with E-state index in [0.717, 1.165) is 5.56 Å². The molecule has 0 radical (unpaired) electrons. The topological polar surface area (TPSA) is 101 Å². The molecule has 0 bridgehead atoms. The van der Waals surface area contributed by atoms with Gasteiger partial charge >= 0.3 is 18.0 Å². The number of hydrogen-bond donors (Lipinski definition) is 2. The van der Waals surface area contributed by atoms with Gasteiger partial charge < -0.3 is 10.1 Å². The third kappa shape index (κ3) is 5.68. The number of ether oxygens (including phenoxy) is 1. The van der Waals surface area contributed by atoms with Crippen LogP contribution in [0.4, 0.5) is 26.3 Å². The van der Waals surface area contributed by atoms with Crippen molar-refractivity contribution in [3.05, 3.63) is 92.5 Å². The highest BCUT2D eigenvalue weighted by Gasteiger charge is 2.49. The average Bonchev–Trinajstić information content (AvgIpc) is 3.37. The zero-order valence-electron chi connectivity index (χ0n) is 21.5. The van der Waals surface area contributed by atoms with E-state index in [4.69, 9.17) is 4.74 Å². The second-order valence-electron chi connectivity index (χ2n) is 10.0. The largest absolute Gasteiger partial charge is 0.416 e. The van der Waals surface area contributed by atoms with Gasteiger partial charge in [-0.1, -0.05) is 35.5 Å². The number of nitroso groups, excluding NO2 is 1. The van der Waals surface area contributed by atoms with E-state index in [9.17, 15) is 36.0 Å². The number of aromatic nitrogens is 3. The van der Waals surface area contributed by atoms with Gasteiger partial charge in [0.2, 0.25) is 0 Å². The number of benzene rings is 2. The van der Waals surface area contributed by atoms with E-state index in [0.29, 0.717) is 12.1 Å². The summed E-state index contributed by atoms with van der Waals surface area (Å²) in [4.78, 5) is 24.0. The number of nitrogens with one attached hydrogen (secondary N) is 2. The van der Waals surface area contributed by atoms with E-state index in [-0.39, 0.29) is 37.6 Å². The normalized spacial score (nSPS) is 23.5. The predicted molar refractivity (Wildman–Crippen MR) is 132 cm³/mol. The van der Waals surface area contributed by atoms with Crippen molar-refractivity contribution >= 4 is 0 Å².